The fourth-order valence-corrected chi connectivity index (χ4v) is 0.204. The molecule has 3 heteroatoms. The van der Waals surface area contributed by atoms with Gasteiger partial charge in [-0.3, -0.25) is 0 Å². The van der Waals surface area contributed by atoms with Crippen LogP contribution in [0.4, 0.5) is 0 Å². The first-order chi connectivity index (χ1) is 3.41. The van der Waals surface area contributed by atoms with Crippen LogP contribution in [0.2, 0.25) is 0 Å². The second-order valence-electron chi connectivity index (χ2n) is 0.958. The topological polar surface area (TPSA) is 41.8 Å². The third-order valence-electron chi connectivity index (χ3n) is 0.478. The predicted molar refractivity (Wildman–Crippen MR) is 26.8 cm³/mol. The summed E-state index contributed by atoms with van der Waals surface area (Å²) < 4.78 is 4.76. The van der Waals surface area contributed by atoms with Crippen molar-refractivity contribution in [3.05, 3.63) is 0 Å². The minimum atomic E-state index is 0.396. The quantitative estimate of drug-likeness (QED) is 0.244. The second kappa shape index (κ2) is 5.43. The molecule has 0 heterocycles. The Balaban J connectivity index is 2.69. The van der Waals surface area contributed by atoms with Gasteiger partial charge in [0.25, 0.3) is 0 Å². The second-order valence-corrected chi connectivity index (χ2v) is 0.958. The Kier molecular flexibility index (Phi) is 4.99. The lowest BCUT2D eigenvalue weighted by Crippen LogP contribution is -1.92. The number of hydrogen-bond acceptors (Lipinski definition) is 3. The van der Waals surface area contributed by atoms with E-state index in [1.165, 1.54) is 6.21 Å². The molecule has 1 N–H and O–H groups in total. The van der Waals surface area contributed by atoms with E-state index >= 15 is 0 Å². The van der Waals surface area contributed by atoms with Crippen LogP contribution < -0.4 is 0 Å². The first kappa shape index (κ1) is 6.43. The van der Waals surface area contributed by atoms with Gasteiger partial charge in [-0.25, -0.2) is 0 Å². The Morgan fingerprint density at radius 1 is 1.86 bits per heavy atom. The summed E-state index contributed by atoms with van der Waals surface area (Å²) in [5.41, 5.74) is 0. The molecule has 0 aliphatic heterocycles. The van der Waals surface area contributed by atoms with Crippen LogP contribution in [0.15, 0.2) is 5.16 Å². The zero-order valence-corrected chi connectivity index (χ0v) is 4.29. The van der Waals surface area contributed by atoms with Crippen LogP contribution in [0.5, 0.6) is 0 Å². The zero-order chi connectivity index (χ0) is 5.54. The summed E-state index contributed by atoms with van der Waals surface area (Å²) in [6.45, 7) is 2.93. The number of ether oxygens (including phenoxy) is 1. The third-order valence-corrected chi connectivity index (χ3v) is 0.478. The Labute approximate surface area is 42.6 Å². The average Bonchev–Trinajstić information content (AvgIpc) is 1.69. The molecular formula is C4H9NO2. The van der Waals surface area contributed by atoms with Crippen molar-refractivity contribution in [3.8, 4) is 0 Å². The van der Waals surface area contributed by atoms with Crippen molar-refractivity contribution in [2.24, 2.45) is 5.16 Å². The van der Waals surface area contributed by atoms with Crippen LogP contribution in [0.25, 0.3) is 0 Å². The van der Waals surface area contributed by atoms with Gasteiger partial charge in [-0.1, -0.05) is 5.16 Å². The van der Waals surface area contributed by atoms with Crippen LogP contribution in [-0.2, 0) is 4.74 Å². The normalized spacial score (nSPS) is 10.4. The van der Waals surface area contributed by atoms with Gasteiger partial charge >= 0.3 is 0 Å². The van der Waals surface area contributed by atoms with E-state index in [0.29, 0.717) is 13.2 Å². The van der Waals surface area contributed by atoms with Gasteiger partial charge in [0, 0.05) is 6.61 Å². The molecule has 0 aliphatic rings. The molecule has 7 heavy (non-hydrogen) atoms. The molecule has 0 atom stereocenters. The number of nitrogens with zero attached hydrogens (tertiary/aromatic N) is 1. The van der Waals surface area contributed by atoms with E-state index < -0.39 is 0 Å². The van der Waals surface area contributed by atoms with Gasteiger partial charge in [0.2, 0.25) is 0 Å². The van der Waals surface area contributed by atoms with Crippen LogP contribution in [0.1, 0.15) is 6.92 Å². The maximum atomic E-state index is 7.78. The molecule has 0 aromatic rings. The van der Waals surface area contributed by atoms with Crippen LogP contribution in [-0.4, -0.2) is 24.6 Å². The molecule has 0 aromatic carbocycles. The molecule has 0 spiro atoms. The Bertz CT molecular complexity index is 53.7. The fourth-order valence-electron chi connectivity index (χ4n) is 0.204. The van der Waals surface area contributed by atoms with Crippen molar-refractivity contribution >= 4 is 6.21 Å². The van der Waals surface area contributed by atoms with Crippen LogP contribution in [0, 0.1) is 0 Å². The molecule has 0 aliphatic carbocycles. The highest BCUT2D eigenvalue weighted by Crippen LogP contribution is 1.65. The molecular weight excluding hydrogens is 94.0 g/mol. The molecule has 0 saturated heterocycles. The van der Waals surface area contributed by atoms with Crippen molar-refractivity contribution in [2.45, 2.75) is 6.92 Å². The molecule has 0 amide bonds. The smallest absolute Gasteiger partial charge is 0.0851 e. The number of oxime groups is 1. The molecule has 0 aromatic heterocycles. The summed E-state index contributed by atoms with van der Waals surface area (Å²) in [5.74, 6) is 0. The SMILES string of the molecule is CCOC/C=N/O. The molecule has 42 valence electrons. The first-order valence-corrected chi connectivity index (χ1v) is 2.15. The van der Waals surface area contributed by atoms with E-state index in [1.807, 2.05) is 6.92 Å². The summed E-state index contributed by atoms with van der Waals surface area (Å²) >= 11 is 0. The van der Waals surface area contributed by atoms with Gasteiger partial charge < -0.3 is 9.94 Å². The Hall–Kier alpha value is -0.570. The minimum absolute atomic E-state index is 0.396. The van der Waals surface area contributed by atoms with Crippen molar-refractivity contribution in [2.75, 3.05) is 13.2 Å². The maximum absolute atomic E-state index is 7.78. The lowest BCUT2D eigenvalue weighted by atomic mass is 10.8. The minimum Gasteiger partial charge on any atom is -0.411 e. The summed E-state index contributed by atoms with van der Waals surface area (Å²) in [4.78, 5) is 0. The molecule has 3 nitrogen and oxygen atoms in total. The predicted octanol–water partition coefficient (Wildman–Crippen LogP) is 0.483. The highest BCUT2D eigenvalue weighted by molar-refractivity contribution is 5.57. The van der Waals surface area contributed by atoms with Gasteiger partial charge in [-0.2, -0.15) is 0 Å². The fraction of sp³-hybridized carbons (Fsp3) is 0.750. The molecule has 0 saturated carbocycles. The van der Waals surface area contributed by atoms with Crippen molar-refractivity contribution < 1.29 is 9.94 Å². The monoisotopic (exact) mass is 103 g/mol. The van der Waals surface area contributed by atoms with Crippen LogP contribution in [0.3, 0.4) is 0 Å². The van der Waals surface area contributed by atoms with Gasteiger partial charge in [0.1, 0.15) is 0 Å². The maximum Gasteiger partial charge on any atom is 0.0851 e. The highest BCUT2D eigenvalue weighted by atomic mass is 16.5. The van der Waals surface area contributed by atoms with Gasteiger partial charge in [-0.05, 0) is 6.92 Å². The van der Waals surface area contributed by atoms with E-state index in [4.69, 9.17) is 9.94 Å². The summed E-state index contributed by atoms with van der Waals surface area (Å²) in [6, 6.07) is 0. The lowest BCUT2D eigenvalue weighted by molar-refractivity contribution is 0.187. The molecule has 0 rings (SSSR count). The molecule has 0 radical (unpaired) electrons. The van der Waals surface area contributed by atoms with Gasteiger partial charge in [0.05, 0.1) is 12.8 Å². The van der Waals surface area contributed by atoms with Crippen molar-refractivity contribution in [1.82, 2.24) is 0 Å². The lowest BCUT2D eigenvalue weighted by Gasteiger charge is -1.88. The highest BCUT2D eigenvalue weighted by Gasteiger charge is 1.72. The van der Waals surface area contributed by atoms with Crippen molar-refractivity contribution in [3.63, 3.8) is 0 Å². The van der Waals surface area contributed by atoms with E-state index in [0.717, 1.165) is 0 Å². The van der Waals surface area contributed by atoms with E-state index in [-0.39, 0.29) is 0 Å². The van der Waals surface area contributed by atoms with E-state index in [1.54, 1.807) is 0 Å². The molecule has 0 bridgehead atoms. The first-order valence-electron chi connectivity index (χ1n) is 2.15. The van der Waals surface area contributed by atoms with Gasteiger partial charge in [-0.15, -0.1) is 0 Å². The number of rotatable bonds is 3. The number of hydrogen-bond donors (Lipinski definition) is 1. The Morgan fingerprint density at radius 3 is 3.00 bits per heavy atom. The largest absolute Gasteiger partial charge is 0.411 e. The zero-order valence-electron chi connectivity index (χ0n) is 4.29. The standard InChI is InChI=1S/C4H9NO2/c1-2-7-4-3-5-6/h3,6H,2,4H2,1H3/b5-3+. The molecule has 0 unspecified atom stereocenters. The summed E-state index contributed by atoms with van der Waals surface area (Å²) in [6.07, 6.45) is 1.30. The van der Waals surface area contributed by atoms with Gasteiger partial charge in [0.15, 0.2) is 0 Å². The Morgan fingerprint density at radius 2 is 2.57 bits per heavy atom. The summed E-state index contributed by atoms with van der Waals surface area (Å²) in [5, 5.41) is 10.5. The van der Waals surface area contributed by atoms with Crippen LogP contribution >= 0.6 is 0 Å². The average molecular weight is 103 g/mol. The third kappa shape index (κ3) is 5.43. The summed E-state index contributed by atoms with van der Waals surface area (Å²) in [7, 11) is 0. The molecule has 0 fully saturated rings. The van der Waals surface area contributed by atoms with Crippen molar-refractivity contribution in [1.29, 1.82) is 0 Å². The van der Waals surface area contributed by atoms with E-state index in [2.05, 4.69) is 5.16 Å². The van der Waals surface area contributed by atoms with E-state index in [9.17, 15) is 0 Å².